The van der Waals surface area contributed by atoms with Crippen LogP contribution in [0.5, 0.6) is 0 Å². The van der Waals surface area contributed by atoms with Gasteiger partial charge < -0.3 is 4.57 Å². The van der Waals surface area contributed by atoms with Gasteiger partial charge in [0.1, 0.15) is 0 Å². The lowest BCUT2D eigenvalue weighted by atomic mass is 9.91. The van der Waals surface area contributed by atoms with Crippen LogP contribution in [0.3, 0.4) is 0 Å². The van der Waals surface area contributed by atoms with Gasteiger partial charge in [0.15, 0.2) is 0 Å². The minimum Gasteiger partial charge on any atom is -0.309 e. The Morgan fingerprint density at radius 3 is 1.29 bits per heavy atom. The molecule has 0 fully saturated rings. The van der Waals surface area contributed by atoms with Gasteiger partial charge in [-0.2, -0.15) is 0 Å². The van der Waals surface area contributed by atoms with Crippen molar-refractivity contribution in [2.75, 3.05) is 0 Å². The number of nitrogens with zero attached hydrogens (tertiary/aromatic N) is 4. The Morgan fingerprint density at radius 1 is 0.273 bits per heavy atom. The van der Waals surface area contributed by atoms with E-state index in [1.165, 1.54) is 54.8 Å². The Bertz CT molecular complexity index is 3960. The second kappa shape index (κ2) is 15.4. The number of fused-ring (bicyclic) bond motifs is 7. The van der Waals surface area contributed by atoms with E-state index in [0.717, 1.165) is 61.1 Å². The number of para-hydroxylation sites is 3. The Kier molecular flexibility index (Phi) is 8.81. The van der Waals surface area contributed by atoms with Gasteiger partial charge in [-0.05, 0) is 98.8 Å². The summed E-state index contributed by atoms with van der Waals surface area (Å²) in [5, 5.41) is 7.25. The lowest BCUT2D eigenvalue weighted by Gasteiger charge is -2.14. The molecule has 0 saturated carbocycles. The Hall–Kier alpha value is -8.86. The molecule has 308 valence electrons. The molecule has 66 heavy (non-hydrogen) atoms. The van der Waals surface area contributed by atoms with Crippen LogP contribution < -0.4 is 0 Å². The highest BCUT2D eigenvalue weighted by Gasteiger charge is 2.19. The third kappa shape index (κ3) is 6.22. The average Bonchev–Trinajstić information content (AvgIpc) is 3.91. The van der Waals surface area contributed by atoms with Gasteiger partial charge in [0.25, 0.3) is 0 Å². The van der Waals surface area contributed by atoms with Gasteiger partial charge in [-0.3, -0.25) is 4.57 Å². The minimum absolute atomic E-state index is 0.631. The summed E-state index contributed by atoms with van der Waals surface area (Å²) in [6, 6.07) is 86.9. The maximum atomic E-state index is 5.40. The van der Waals surface area contributed by atoms with Crippen LogP contribution in [0.15, 0.2) is 243 Å². The molecular formula is C62H40N4. The molecule has 0 radical (unpaired) electrons. The van der Waals surface area contributed by atoms with Crippen LogP contribution in [-0.2, 0) is 0 Å². The first-order valence-corrected chi connectivity index (χ1v) is 22.5. The molecule has 13 aromatic rings. The van der Waals surface area contributed by atoms with Crippen LogP contribution in [-0.4, -0.2) is 19.1 Å². The van der Waals surface area contributed by atoms with Gasteiger partial charge in [-0.25, -0.2) is 9.97 Å². The van der Waals surface area contributed by atoms with Crippen molar-refractivity contribution in [3.63, 3.8) is 0 Å². The number of hydrogen-bond acceptors (Lipinski definition) is 2. The van der Waals surface area contributed by atoms with Crippen molar-refractivity contribution >= 4 is 54.4 Å². The molecule has 0 aliphatic heterocycles. The summed E-state index contributed by atoms with van der Waals surface area (Å²) in [7, 11) is 0. The molecule has 0 aliphatic rings. The smallest absolute Gasteiger partial charge is 0.235 e. The molecule has 10 aromatic carbocycles. The molecule has 0 saturated heterocycles. The molecule has 0 atom stereocenters. The van der Waals surface area contributed by atoms with E-state index in [1.54, 1.807) is 0 Å². The van der Waals surface area contributed by atoms with Crippen molar-refractivity contribution in [2.24, 2.45) is 0 Å². The quantitative estimate of drug-likeness (QED) is 0.160. The van der Waals surface area contributed by atoms with E-state index >= 15 is 0 Å². The van der Waals surface area contributed by atoms with Crippen LogP contribution in [0.25, 0.3) is 122 Å². The molecule has 0 unspecified atom stereocenters. The van der Waals surface area contributed by atoms with Gasteiger partial charge in [-0.15, -0.1) is 0 Å². The van der Waals surface area contributed by atoms with E-state index in [4.69, 9.17) is 9.97 Å². The lowest BCUT2D eigenvalue weighted by molar-refractivity contribution is 0.995. The van der Waals surface area contributed by atoms with Crippen LogP contribution >= 0.6 is 0 Å². The first kappa shape index (κ1) is 37.7. The summed E-state index contributed by atoms with van der Waals surface area (Å²) < 4.78 is 4.60. The molecule has 0 amide bonds. The molecule has 0 spiro atoms. The monoisotopic (exact) mass is 840 g/mol. The van der Waals surface area contributed by atoms with E-state index in [1.807, 2.05) is 6.07 Å². The van der Waals surface area contributed by atoms with E-state index in [9.17, 15) is 0 Å². The molecule has 0 N–H and O–H groups in total. The zero-order chi connectivity index (χ0) is 43.6. The summed E-state index contributed by atoms with van der Waals surface area (Å²) >= 11 is 0. The van der Waals surface area contributed by atoms with E-state index in [2.05, 4.69) is 246 Å². The van der Waals surface area contributed by atoms with Crippen molar-refractivity contribution < 1.29 is 0 Å². The summed E-state index contributed by atoms with van der Waals surface area (Å²) in [6.07, 6.45) is 0. The second-order valence-corrected chi connectivity index (χ2v) is 17.0. The van der Waals surface area contributed by atoms with E-state index in [-0.39, 0.29) is 0 Å². The maximum absolute atomic E-state index is 5.40. The normalized spacial score (nSPS) is 11.6. The Morgan fingerprint density at radius 2 is 0.697 bits per heavy atom. The zero-order valence-electron chi connectivity index (χ0n) is 35.9. The van der Waals surface area contributed by atoms with Crippen molar-refractivity contribution in [3.8, 4) is 67.5 Å². The standard InChI is InChI=1S/C62H40N4/c1-4-16-41(17-5-1)49-26-14-20-45-21-15-27-50(61(45)49)42-30-32-44(33-31-42)56-40-55(43-18-6-2-7-19-43)63-62(64-56)66-58-29-13-11-25-52(58)54-39-47(35-37-60(54)66)46-34-36-59-53(38-46)51-24-10-12-28-57(51)65(59)48-22-8-3-9-23-48/h1-40H. The fourth-order valence-electron chi connectivity index (χ4n) is 10.1. The van der Waals surface area contributed by atoms with Crippen molar-refractivity contribution in [2.45, 2.75) is 0 Å². The predicted molar refractivity (Wildman–Crippen MR) is 275 cm³/mol. The largest absolute Gasteiger partial charge is 0.309 e. The molecule has 0 aliphatic carbocycles. The van der Waals surface area contributed by atoms with Gasteiger partial charge >= 0.3 is 0 Å². The molecule has 3 aromatic heterocycles. The number of benzene rings is 10. The molecule has 4 heteroatoms. The molecule has 3 heterocycles. The van der Waals surface area contributed by atoms with E-state index < -0.39 is 0 Å². The third-order valence-electron chi connectivity index (χ3n) is 13.2. The fraction of sp³-hybridized carbons (Fsp3) is 0. The highest BCUT2D eigenvalue weighted by atomic mass is 15.2. The number of rotatable bonds is 7. The van der Waals surface area contributed by atoms with Crippen molar-refractivity contribution in [3.05, 3.63) is 243 Å². The molecule has 4 nitrogen and oxygen atoms in total. The average molecular weight is 841 g/mol. The Balaban J connectivity index is 0.942. The van der Waals surface area contributed by atoms with Crippen LogP contribution in [0.4, 0.5) is 0 Å². The van der Waals surface area contributed by atoms with Crippen molar-refractivity contribution in [1.82, 2.24) is 19.1 Å². The molecule has 0 bridgehead atoms. The number of hydrogen-bond donors (Lipinski definition) is 0. The van der Waals surface area contributed by atoms with Gasteiger partial charge in [0.05, 0.1) is 33.5 Å². The van der Waals surface area contributed by atoms with Crippen molar-refractivity contribution in [1.29, 1.82) is 0 Å². The van der Waals surface area contributed by atoms with E-state index in [0.29, 0.717) is 5.95 Å². The summed E-state index contributed by atoms with van der Waals surface area (Å²) in [5.74, 6) is 0.631. The molecular weight excluding hydrogens is 801 g/mol. The van der Waals surface area contributed by atoms with Crippen LogP contribution in [0, 0.1) is 0 Å². The van der Waals surface area contributed by atoms with Gasteiger partial charge in [0, 0.05) is 38.4 Å². The highest BCUT2D eigenvalue weighted by Crippen LogP contribution is 2.40. The minimum atomic E-state index is 0.631. The second-order valence-electron chi connectivity index (χ2n) is 17.0. The Labute approximate surface area is 382 Å². The first-order chi connectivity index (χ1) is 32.7. The zero-order valence-corrected chi connectivity index (χ0v) is 35.9. The SMILES string of the molecule is c1ccc(-c2cc(-c3ccc(-c4cccc5cccc(-c6ccccc6)c45)cc3)nc(-n3c4ccccc4c4cc(-c5ccc6c(c5)c5ccccc5n6-c5ccccc5)ccc43)n2)cc1. The molecule has 13 rings (SSSR count). The summed E-state index contributed by atoms with van der Waals surface area (Å²) in [4.78, 5) is 10.7. The first-order valence-electron chi connectivity index (χ1n) is 22.5. The lowest BCUT2D eigenvalue weighted by Crippen LogP contribution is -2.04. The maximum Gasteiger partial charge on any atom is 0.235 e. The number of aromatic nitrogens is 4. The van der Waals surface area contributed by atoms with Crippen LogP contribution in [0.2, 0.25) is 0 Å². The third-order valence-corrected chi connectivity index (χ3v) is 13.2. The van der Waals surface area contributed by atoms with Crippen LogP contribution in [0.1, 0.15) is 0 Å². The van der Waals surface area contributed by atoms with Gasteiger partial charge in [0.2, 0.25) is 5.95 Å². The predicted octanol–water partition coefficient (Wildman–Crippen LogP) is 16.2. The topological polar surface area (TPSA) is 35.6 Å². The van der Waals surface area contributed by atoms with Gasteiger partial charge in [-0.1, -0.05) is 188 Å². The summed E-state index contributed by atoms with van der Waals surface area (Å²) in [5.41, 5.74) is 16.6. The summed E-state index contributed by atoms with van der Waals surface area (Å²) in [6.45, 7) is 0. The highest BCUT2D eigenvalue weighted by molar-refractivity contribution is 6.13. The fourth-order valence-corrected chi connectivity index (χ4v) is 10.1.